The third-order valence-corrected chi connectivity index (χ3v) is 5.52. The zero-order valence-corrected chi connectivity index (χ0v) is 14.8. The Morgan fingerprint density at radius 2 is 2.17 bits per heavy atom. The number of hydroxylamine groups is 3. The standard InChI is InChI=1S/C14H20ClN3O5S/c1-10-8-11(15)9-12(13(10)20)14(21)16-24(23)17-2-4-18(22,5-3-17)6-7-19/h8-9,12,19H,2-7H2,1H3,(H,16,21). The minimum atomic E-state index is -1.83. The molecule has 134 valence electrons. The Kier molecular flexibility index (Phi) is 6.29. The largest absolute Gasteiger partial charge is 0.633 e. The first-order chi connectivity index (χ1) is 11.3. The molecule has 0 aromatic carbocycles. The van der Waals surface area contributed by atoms with Crippen LogP contribution in [0.2, 0.25) is 0 Å². The quantitative estimate of drug-likeness (QED) is 0.384. The number of carbonyl (C=O) groups is 2. The summed E-state index contributed by atoms with van der Waals surface area (Å²) < 4.78 is 15.5. The number of rotatable bonds is 5. The fourth-order valence-electron chi connectivity index (χ4n) is 2.60. The Morgan fingerprint density at radius 1 is 1.54 bits per heavy atom. The number of quaternary nitrogens is 1. The SMILES string of the molecule is CC1=CC(Cl)=CC(C(=O)NS(=O)N2CC[N+]([O-])(CCO)CC2)C1=O. The minimum Gasteiger partial charge on any atom is -0.633 e. The van der Waals surface area contributed by atoms with Gasteiger partial charge in [0.2, 0.25) is 5.91 Å². The molecule has 2 aliphatic rings. The van der Waals surface area contributed by atoms with Gasteiger partial charge >= 0.3 is 0 Å². The molecule has 1 heterocycles. The van der Waals surface area contributed by atoms with Gasteiger partial charge in [0.25, 0.3) is 0 Å². The Bertz CT molecular complexity index is 614. The number of nitrogens with one attached hydrogen (secondary N) is 1. The van der Waals surface area contributed by atoms with Crippen LogP contribution in [0.1, 0.15) is 6.92 Å². The van der Waals surface area contributed by atoms with Crippen LogP contribution in [0.25, 0.3) is 0 Å². The van der Waals surface area contributed by atoms with Crippen molar-refractivity contribution < 1.29 is 23.6 Å². The number of Topliss-reactive ketones (excluding diaryl/α,β-unsaturated/α-hetero) is 1. The van der Waals surface area contributed by atoms with E-state index in [9.17, 15) is 19.0 Å². The zero-order valence-electron chi connectivity index (χ0n) is 13.2. The van der Waals surface area contributed by atoms with Crippen molar-refractivity contribution in [3.63, 3.8) is 0 Å². The monoisotopic (exact) mass is 377 g/mol. The van der Waals surface area contributed by atoms with Gasteiger partial charge < -0.3 is 15.0 Å². The lowest BCUT2D eigenvalue weighted by molar-refractivity contribution is -0.884. The first-order valence-electron chi connectivity index (χ1n) is 7.51. The average Bonchev–Trinajstić information content (AvgIpc) is 2.51. The lowest BCUT2D eigenvalue weighted by Gasteiger charge is -2.47. The van der Waals surface area contributed by atoms with Gasteiger partial charge in [0.15, 0.2) is 17.0 Å². The van der Waals surface area contributed by atoms with Crippen LogP contribution in [0.3, 0.4) is 0 Å². The molecular weight excluding hydrogens is 358 g/mol. The Morgan fingerprint density at radius 3 is 2.75 bits per heavy atom. The molecule has 8 nitrogen and oxygen atoms in total. The van der Waals surface area contributed by atoms with Crippen molar-refractivity contribution in [2.45, 2.75) is 6.92 Å². The van der Waals surface area contributed by atoms with Crippen molar-refractivity contribution in [2.75, 3.05) is 39.3 Å². The predicted octanol–water partition coefficient (Wildman–Crippen LogP) is -0.428. The number of piperazine rings is 1. The van der Waals surface area contributed by atoms with Crippen molar-refractivity contribution in [1.29, 1.82) is 0 Å². The molecule has 0 spiro atoms. The van der Waals surface area contributed by atoms with E-state index in [0.717, 1.165) is 0 Å². The number of aliphatic hydroxyl groups is 1. The number of aliphatic hydroxyl groups excluding tert-OH is 1. The van der Waals surface area contributed by atoms with E-state index in [1.807, 2.05) is 0 Å². The first-order valence-corrected chi connectivity index (χ1v) is 8.99. The molecular formula is C14H20ClN3O5S. The van der Waals surface area contributed by atoms with E-state index in [-0.39, 0.29) is 50.1 Å². The topological polar surface area (TPSA) is 110 Å². The second-order valence-corrected chi connectivity index (χ2v) is 7.47. The van der Waals surface area contributed by atoms with Gasteiger partial charge in [-0.3, -0.25) is 14.3 Å². The van der Waals surface area contributed by atoms with Gasteiger partial charge in [-0.25, -0.2) is 4.21 Å². The van der Waals surface area contributed by atoms with Crippen molar-refractivity contribution in [1.82, 2.24) is 9.03 Å². The number of nitrogens with zero attached hydrogens (tertiary/aromatic N) is 2. The molecule has 2 N–H and O–H groups in total. The normalized spacial score (nSPS) is 25.7. The molecule has 2 unspecified atom stereocenters. The molecule has 1 amide bonds. The van der Waals surface area contributed by atoms with Crippen LogP contribution in [0, 0.1) is 11.1 Å². The van der Waals surface area contributed by atoms with E-state index in [1.54, 1.807) is 6.92 Å². The number of hydrogen-bond acceptors (Lipinski definition) is 5. The van der Waals surface area contributed by atoms with E-state index in [1.165, 1.54) is 16.5 Å². The predicted molar refractivity (Wildman–Crippen MR) is 89.4 cm³/mol. The summed E-state index contributed by atoms with van der Waals surface area (Å²) in [7, 11) is 0. The third-order valence-electron chi connectivity index (χ3n) is 4.08. The van der Waals surface area contributed by atoms with Crippen LogP contribution in [0.4, 0.5) is 0 Å². The molecule has 1 saturated heterocycles. The summed E-state index contributed by atoms with van der Waals surface area (Å²) in [6.07, 6.45) is 2.79. The van der Waals surface area contributed by atoms with Gasteiger partial charge in [0.05, 0.1) is 32.8 Å². The number of halogens is 1. The van der Waals surface area contributed by atoms with Gasteiger partial charge in [-0.05, 0) is 24.6 Å². The Hall–Kier alpha value is -1.10. The second-order valence-electron chi connectivity index (χ2n) is 5.82. The van der Waals surface area contributed by atoms with Crippen molar-refractivity contribution >= 4 is 34.5 Å². The van der Waals surface area contributed by atoms with E-state index < -0.39 is 27.6 Å². The summed E-state index contributed by atoms with van der Waals surface area (Å²) >= 11 is 4.04. The maximum atomic E-state index is 12.3. The van der Waals surface area contributed by atoms with Gasteiger partial charge in [-0.15, -0.1) is 0 Å². The number of allylic oxidation sites excluding steroid dienone is 3. The highest BCUT2D eigenvalue weighted by Crippen LogP contribution is 2.22. The Balaban J connectivity index is 1.93. The average molecular weight is 378 g/mol. The molecule has 10 heteroatoms. The molecule has 0 aromatic heterocycles. The van der Waals surface area contributed by atoms with Crippen LogP contribution >= 0.6 is 11.6 Å². The number of amides is 1. The molecule has 0 aromatic rings. The highest BCUT2D eigenvalue weighted by Gasteiger charge is 2.32. The van der Waals surface area contributed by atoms with Crippen LogP contribution < -0.4 is 4.72 Å². The lowest BCUT2D eigenvalue weighted by atomic mass is 9.93. The molecule has 2 atom stereocenters. The fourth-order valence-corrected chi connectivity index (χ4v) is 3.81. The molecule has 1 aliphatic heterocycles. The van der Waals surface area contributed by atoms with Crippen LogP contribution in [0.5, 0.6) is 0 Å². The molecule has 1 aliphatic carbocycles. The Labute approximate surface area is 147 Å². The van der Waals surface area contributed by atoms with Gasteiger partial charge in [0, 0.05) is 5.03 Å². The maximum Gasteiger partial charge on any atom is 0.247 e. The van der Waals surface area contributed by atoms with E-state index in [4.69, 9.17) is 16.7 Å². The van der Waals surface area contributed by atoms with Crippen LogP contribution in [0.15, 0.2) is 22.8 Å². The summed E-state index contributed by atoms with van der Waals surface area (Å²) in [4.78, 5) is 24.2. The zero-order chi connectivity index (χ0) is 17.9. The molecule has 0 saturated carbocycles. The van der Waals surface area contributed by atoms with E-state index >= 15 is 0 Å². The summed E-state index contributed by atoms with van der Waals surface area (Å²) in [5.41, 5.74) is 0.365. The van der Waals surface area contributed by atoms with Crippen LogP contribution in [-0.2, 0) is 20.8 Å². The molecule has 1 fully saturated rings. The molecule has 0 radical (unpaired) electrons. The van der Waals surface area contributed by atoms with Gasteiger partial charge in [-0.1, -0.05) is 11.6 Å². The molecule has 2 rings (SSSR count). The molecule has 0 bridgehead atoms. The minimum absolute atomic E-state index is 0.0956. The first kappa shape index (κ1) is 19.2. The third kappa shape index (κ3) is 4.50. The number of ketones is 1. The van der Waals surface area contributed by atoms with Crippen molar-refractivity contribution in [2.24, 2.45) is 5.92 Å². The van der Waals surface area contributed by atoms with E-state index in [2.05, 4.69) is 4.72 Å². The highest BCUT2D eigenvalue weighted by molar-refractivity contribution is 7.81. The number of carbonyl (C=O) groups excluding carboxylic acids is 2. The fraction of sp³-hybridized carbons (Fsp3) is 0.571. The smallest absolute Gasteiger partial charge is 0.247 e. The van der Waals surface area contributed by atoms with Crippen LogP contribution in [-0.4, -0.2) is 69.3 Å². The molecule has 24 heavy (non-hydrogen) atoms. The summed E-state index contributed by atoms with van der Waals surface area (Å²) in [6.45, 7) is 2.27. The van der Waals surface area contributed by atoms with Gasteiger partial charge in [-0.2, -0.15) is 4.31 Å². The summed E-state index contributed by atoms with van der Waals surface area (Å²) in [5, 5.41) is 21.3. The maximum absolute atomic E-state index is 12.3. The highest BCUT2D eigenvalue weighted by atomic mass is 35.5. The summed E-state index contributed by atoms with van der Waals surface area (Å²) in [5.74, 6) is -2.17. The number of hydrogen-bond donors (Lipinski definition) is 2. The van der Waals surface area contributed by atoms with Crippen molar-refractivity contribution in [3.05, 3.63) is 28.0 Å². The van der Waals surface area contributed by atoms with E-state index in [0.29, 0.717) is 5.57 Å². The lowest BCUT2D eigenvalue weighted by Crippen LogP contribution is -2.58. The van der Waals surface area contributed by atoms with Gasteiger partial charge in [0.1, 0.15) is 12.5 Å². The second kappa shape index (κ2) is 7.85. The van der Waals surface area contributed by atoms with Crippen molar-refractivity contribution in [3.8, 4) is 0 Å². The summed E-state index contributed by atoms with van der Waals surface area (Å²) in [6, 6.07) is 0.